The van der Waals surface area contributed by atoms with Crippen LogP contribution >= 0.6 is 0 Å². The maximum atomic E-state index is 11.9. The molecule has 1 aromatic carbocycles. The third-order valence-electron chi connectivity index (χ3n) is 2.01. The summed E-state index contributed by atoms with van der Waals surface area (Å²) in [6, 6.07) is 4.71. The smallest absolute Gasteiger partial charge is 0.389 e. The molecule has 6 heteroatoms. The lowest BCUT2D eigenvalue weighted by Gasteiger charge is -2.10. The van der Waals surface area contributed by atoms with Crippen LogP contribution in [0, 0.1) is 0 Å². The molecule has 2 N–H and O–H groups in total. The summed E-state index contributed by atoms with van der Waals surface area (Å²) in [6.45, 7) is -0.00782. The molecule has 0 aromatic heterocycles. The van der Waals surface area contributed by atoms with Crippen molar-refractivity contribution in [3.8, 4) is 11.5 Å². The zero-order valence-corrected chi connectivity index (χ0v) is 9.38. The zero-order chi connectivity index (χ0) is 12.9. The number of nitrogen functional groups attached to an aromatic ring is 1. The average Bonchev–Trinajstić information content (AvgIpc) is 2.22. The number of halogens is 3. The SMILES string of the molecule is COc1cc(N)cc(OCCCC(F)(F)F)c1. The Hall–Kier alpha value is -1.59. The molecule has 0 aliphatic rings. The number of nitrogens with two attached hydrogens (primary N) is 1. The molecular formula is C11H14F3NO2. The van der Waals surface area contributed by atoms with Crippen molar-refractivity contribution in [1.82, 2.24) is 0 Å². The van der Waals surface area contributed by atoms with Crippen molar-refractivity contribution in [2.45, 2.75) is 19.0 Å². The van der Waals surface area contributed by atoms with Crippen LogP contribution in [-0.4, -0.2) is 19.9 Å². The summed E-state index contributed by atoms with van der Waals surface area (Å²) in [4.78, 5) is 0. The highest BCUT2D eigenvalue weighted by atomic mass is 19.4. The Kier molecular flexibility index (Phi) is 4.48. The second kappa shape index (κ2) is 5.65. The van der Waals surface area contributed by atoms with Crippen molar-refractivity contribution in [2.24, 2.45) is 0 Å². The Bertz CT molecular complexity index is 366. The second-order valence-electron chi connectivity index (χ2n) is 3.51. The minimum atomic E-state index is -4.14. The van der Waals surface area contributed by atoms with Gasteiger partial charge in [-0.2, -0.15) is 13.2 Å². The minimum Gasteiger partial charge on any atom is -0.497 e. The van der Waals surface area contributed by atoms with E-state index < -0.39 is 12.6 Å². The summed E-state index contributed by atoms with van der Waals surface area (Å²) in [7, 11) is 1.47. The van der Waals surface area contributed by atoms with Crippen LogP contribution in [0.5, 0.6) is 11.5 Å². The molecule has 0 saturated heterocycles. The molecule has 3 nitrogen and oxygen atoms in total. The van der Waals surface area contributed by atoms with E-state index in [0.717, 1.165) is 0 Å². The molecule has 0 aliphatic carbocycles. The molecule has 0 saturated carbocycles. The third-order valence-corrected chi connectivity index (χ3v) is 2.01. The van der Waals surface area contributed by atoms with Gasteiger partial charge in [-0.15, -0.1) is 0 Å². The number of methoxy groups -OCH3 is 1. The fourth-order valence-electron chi connectivity index (χ4n) is 1.26. The Morgan fingerprint density at radius 1 is 1.18 bits per heavy atom. The molecule has 0 amide bonds. The van der Waals surface area contributed by atoms with Crippen molar-refractivity contribution >= 4 is 5.69 Å². The Labute approximate surface area is 97.3 Å². The quantitative estimate of drug-likeness (QED) is 0.644. The first-order valence-electron chi connectivity index (χ1n) is 5.05. The first-order valence-corrected chi connectivity index (χ1v) is 5.05. The van der Waals surface area contributed by atoms with Gasteiger partial charge in [0, 0.05) is 30.3 Å². The fraction of sp³-hybridized carbons (Fsp3) is 0.455. The third kappa shape index (κ3) is 5.33. The van der Waals surface area contributed by atoms with Crippen LogP contribution in [0.4, 0.5) is 18.9 Å². The van der Waals surface area contributed by atoms with Gasteiger partial charge >= 0.3 is 6.18 Å². The number of hydrogen-bond acceptors (Lipinski definition) is 3. The van der Waals surface area contributed by atoms with Crippen LogP contribution in [0.1, 0.15) is 12.8 Å². The molecule has 0 unspecified atom stereocenters. The molecule has 0 bridgehead atoms. The van der Waals surface area contributed by atoms with Gasteiger partial charge in [0.25, 0.3) is 0 Å². The lowest BCUT2D eigenvalue weighted by molar-refractivity contribution is -0.136. The van der Waals surface area contributed by atoms with E-state index in [0.29, 0.717) is 17.2 Å². The van der Waals surface area contributed by atoms with Crippen LogP contribution in [-0.2, 0) is 0 Å². The van der Waals surface area contributed by atoms with E-state index in [9.17, 15) is 13.2 Å². The number of rotatable bonds is 5. The van der Waals surface area contributed by atoms with Crippen LogP contribution in [0.3, 0.4) is 0 Å². The summed E-state index contributed by atoms with van der Waals surface area (Å²) >= 11 is 0. The van der Waals surface area contributed by atoms with E-state index in [1.54, 1.807) is 12.1 Å². The number of anilines is 1. The summed E-state index contributed by atoms with van der Waals surface area (Å²) in [5.74, 6) is 0.917. The van der Waals surface area contributed by atoms with E-state index in [4.69, 9.17) is 15.2 Å². The van der Waals surface area contributed by atoms with Gasteiger partial charge in [0.05, 0.1) is 13.7 Å². The lowest BCUT2D eigenvalue weighted by Crippen LogP contribution is -2.09. The van der Waals surface area contributed by atoms with Crippen molar-refractivity contribution in [2.75, 3.05) is 19.5 Å². The normalized spacial score (nSPS) is 11.3. The highest BCUT2D eigenvalue weighted by Crippen LogP contribution is 2.25. The van der Waals surface area contributed by atoms with Gasteiger partial charge in [-0.1, -0.05) is 0 Å². The van der Waals surface area contributed by atoms with Gasteiger partial charge in [-0.3, -0.25) is 0 Å². The zero-order valence-electron chi connectivity index (χ0n) is 9.38. The first-order chi connectivity index (χ1) is 7.90. The number of benzene rings is 1. The van der Waals surface area contributed by atoms with E-state index in [-0.39, 0.29) is 13.0 Å². The van der Waals surface area contributed by atoms with Crippen LogP contribution in [0.25, 0.3) is 0 Å². The van der Waals surface area contributed by atoms with Crippen molar-refractivity contribution < 1.29 is 22.6 Å². The van der Waals surface area contributed by atoms with Gasteiger partial charge in [0.2, 0.25) is 0 Å². The average molecular weight is 249 g/mol. The molecule has 96 valence electrons. The number of ether oxygens (including phenoxy) is 2. The van der Waals surface area contributed by atoms with E-state index in [1.807, 2.05) is 0 Å². The molecule has 0 atom stereocenters. The Morgan fingerprint density at radius 3 is 2.41 bits per heavy atom. The molecule has 1 rings (SSSR count). The second-order valence-corrected chi connectivity index (χ2v) is 3.51. The maximum absolute atomic E-state index is 11.9. The summed E-state index contributed by atoms with van der Waals surface area (Å²) in [5.41, 5.74) is 6.01. The molecule has 0 heterocycles. The van der Waals surface area contributed by atoms with E-state index in [2.05, 4.69) is 0 Å². The standard InChI is InChI=1S/C11H14F3NO2/c1-16-9-5-8(15)6-10(7-9)17-4-2-3-11(12,13)14/h5-7H,2-4,15H2,1H3. The van der Waals surface area contributed by atoms with E-state index >= 15 is 0 Å². The fourth-order valence-corrected chi connectivity index (χ4v) is 1.26. The Morgan fingerprint density at radius 2 is 1.82 bits per heavy atom. The Balaban J connectivity index is 2.44. The lowest BCUT2D eigenvalue weighted by atomic mass is 10.3. The topological polar surface area (TPSA) is 44.5 Å². The monoisotopic (exact) mass is 249 g/mol. The predicted molar refractivity (Wildman–Crippen MR) is 58.2 cm³/mol. The summed E-state index contributed by atoms with van der Waals surface area (Å²) in [5, 5.41) is 0. The molecule has 1 aromatic rings. The summed E-state index contributed by atoms with van der Waals surface area (Å²) < 4.78 is 45.7. The molecular weight excluding hydrogens is 235 g/mol. The molecule has 0 fully saturated rings. The van der Waals surface area contributed by atoms with Gasteiger partial charge < -0.3 is 15.2 Å². The number of alkyl halides is 3. The molecule has 17 heavy (non-hydrogen) atoms. The highest BCUT2D eigenvalue weighted by Gasteiger charge is 2.26. The molecule has 0 aliphatic heterocycles. The molecule has 0 spiro atoms. The minimum absolute atomic E-state index is 0.00782. The van der Waals surface area contributed by atoms with Crippen LogP contribution < -0.4 is 15.2 Å². The highest BCUT2D eigenvalue weighted by molar-refractivity contribution is 5.50. The van der Waals surface area contributed by atoms with Gasteiger partial charge in [-0.25, -0.2) is 0 Å². The van der Waals surface area contributed by atoms with Gasteiger partial charge in [-0.05, 0) is 6.42 Å². The van der Waals surface area contributed by atoms with E-state index in [1.165, 1.54) is 13.2 Å². The molecule has 0 radical (unpaired) electrons. The van der Waals surface area contributed by atoms with Crippen molar-refractivity contribution in [3.05, 3.63) is 18.2 Å². The van der Waals surface area contributed by atoms with Gasteiger partial charge in [0.1, 0.15) is 11.5 Å². The van der Waals surface area contributed by atoms with Crippen molar-refractivity contribution in [3.63, 3.8) is 0 Å². The summed E-state index contributed by atoms with van der Waals surface area (Å²) in [6.07, 6.45) is -5.08. The van der Waals surface area contributed by atoms with Crippen molar-refractivity contribution in [1.29, 1.82) is 0 Å². The maximum Gasteiger partial charge on any atom is 0.389 e. The van der Waals surface area contributed by atoms with Gasteiger partial charge in [0.15, 0.2) is 0 Å². The van der Waals surface area contributed by atoms with Crippen LogP contribution in [0.15, 0.2) is 18.2 Å². The van der Waals surface area contributed by atoms with Crippen LogP contribution in [0.2, 0.25) is 0 Å². The predicted octanol–water partition coefficient (Wildman–Crippen LogP) is 3.00. The largest absolute Gasteiger partial charge is 0.497 e. The number of hydrogen-bond donors (Lipinski definition) is 1. The first kappa shape index (κ1) is 13.5.